The number of rotatable bonds is 5. The molecule has 0 bridgehead atoms. The van der Waals surface area contributed by atoms with Gasteiger partial charge in [0.15, 0.2) is 0 Å². The van der Waals surface area contributed by atoms with Gasteiger partial charge < -0.3 is 4.74 Å². The third-order valence-electron chi connectivity index (χ3n) is 4.12. The van der Waals surface area contributed by atoms with Crippen molar-refractivity contribution in [2.75, 3.05) is 0 Å². The fourth-order valence-electron chi connectivity index (χ4n) is 2.74. The first-order chi connectivity index (χ1) is 11.5. The van der Waals surface area contributed by atoms with E-state index in [1.165, 1.54) is 0 Å². The van der Waals surface area contributed by atoms with E-state index in [9.17, 15) is 8.42 Å². The molecule has 0 saturated heterocycles. The first-order valence-corrected chi connectivity index (χ1v) is 9.60. The van der Waals surface area contributed by atoms with Crippen molar-refractivity contribution in [1.29, 1.82) is 0 Å². The van der Waals surface area contributed by atoms with E-state index in [2.05, 4.69) is 14.7 Å². The van der Waals surface area contributed by atoms with Crippen molar-refractivity contribution >= 4 is 21.6 Å². The van der Waals surface area contributed by atoms with Gasteiger partial charge in [0.2, 0.25) is 15.3 Å². The molecule has 4 rings (SSSR count). The minimum absolute atomic E-state index is 0.0831. The topological polar surface area (TPSA) is 81.2 Å². The lowest BCUT2D eigenvalue weighted by atomic mass is 10.1. The highest BCUT2D eigenvalue weighted by molar-refractivity contribution is 7.89. The van der Waals surface area contributed by atoms with Crippen LogP contribution in [0.5, 0.6) is 0 Å². The summed E-state index contributed by atoms with van der Waals surface area (Å²) >= 11 is 5.98. The molecule has 0 radical (unpaired) electrons. The first kappa shape index (κ1) is 16.0. The Hall–Kier alpha value is -1.54. The summed E-state index contributed by atoms with van der Waals surface area (Å²) in [5, 5.41) is 0.188. The Morgan fingerprint density at radius 1 is 1.25 bits per heavy atom. The van der Waals surface area contributed by atoms with Gasteiger partial charge in [-0.15, -0.1) is 0 Å². The number of ether oxygens (including phenoxy) is 1. The highest BCUT2D eigenvalue weighted by Gasteiger charge is 2.28. The molecule has 0 atom stereocenters. The van der Waals surface area contributed by atoms with Gasteiger partial charge in [-0.25, -0.2) is 23.1 Å². The summed E-state index contributed by atoms with van der Waals surface area (Å²) in [5.41, 5.74) is 3.40. The van der Waals surface area contributed by atoms with Crippen molar-refractivity contribution in [2.45, 2.75) is 43.4 Å². The zero-order valence-electron chi connectivity index (χ0n) is 12.8. The van der Waals surface area contributed by atoms with Crippen molar-refractivity contribution in [1.82, 2.24) is 14.7 Å². The maximum absolute atomic E-state index is 12.4. The van der Waals surface area contributed by atoms with Crippen molar-refractivity contribution in [2.24, 2.45) is 0 Å². The Morgan fingerprint density at radius 3 is 2.88 bits per heavy atom. The Kier molecular flexibility index (Phi) is 4.04. The Bertz CT molecular complexity index is 897. The largest absolute Gasteiger partial charge is 0.370 e. The van der Waals surface area contributed by atoms with Crippen molar-refractivity contribution < 1.29 is 13.2 Å². The molecule has 6 nitrogen and oxygen atoms in total. The lowest BCUT2D eigenvalue weighted by molar-refractivity contribution is 0.133. The molecule has 0 spiro atoms. The molecule has 8 heteroatoms. The molecular weight excluding hydrogens is 350 g/mol. The number of fused-ring (bicyclic) bond motifs is 1. The quantitative estimate of drug-likeness (QED) is 0.821. The predicted molar refractivity (Wildman–Crippen MR) is 88.1 cm³/mol. The van der Waals surface area contributed by atoms with Gasteiger partial charge in [-0.1, -0.05) is 12.1 Å². The van der Waals surface area contributed by atoms with Crippen molar-refractivity contribution in [3.8, 4) is 0 Å². The van der Waals surface area contributed by atoms with Crippen LogP contribution < -0.4 is 4.72 Å². The lowest BCUT2D eigenvalue weighted by Gasteiger charge is -2.09. The smallest absolute Gasteiger partial charge is 0.240 e. The average Bonchev–Trinajstić information content (AvgIpc) is 3.20. The van der Waals surface area contributed by atoms with Gasteiger partial charge >= 0.3 is 0 Å². The molecule has 126 valence electrons. The van der Waals surface area contributed by atoms with E-state index in [-0.39, 0.29) is 16.2 Å². The Morgan fingerprint density at radius 2 is 2.08 bits per heavy atom. The van der Waals surface area contributed by atoms with Crippen LogP contribution >= 0.6 is 11.6 Å². The highest BCUT2D eigenvalue weighted by atomic mass is 35.5. The number of aromatic nitrogens is 2. The standard InChI is InChI=1S/C16H16ClN3O3S/c17-16-18-14(13-8-23-9-15(13)19-16)7-10-2-1-3-12(6-10)24(21,22)20-11-4-5-11/h1-3,6,11,20H,4-5,7-9H2. The van der Waals surface area contributed by atoms with Crippen LogP contribution in [0.25, 0.3) is 0 Å². The lowest BCUT2D eigenvalue weighted by Crippen LogP contribution is -2.25. The number of hydrogen-bond acceptors (Lipinski definition) is 5. The monoisotopic (exact) mass is 365 g/mol. The first-order valence-electron chi connectivity index (χ1n) is 7.74. The summed E-state index contributed by atoms with van der Waals surface area (Å²) in [5.74, 6) is 0. The molecule has 1 aromatic carbocycles. The summed E-state index contributed by atoms with van der Waals surface area (Å²) in [6.07, 6.45) is 2.30. The van der Waals surface area contributed by atoms with Crippen LogP contribution in [-0.2, 0) is 34.4 Å². The zero-order chi connectivity index (χ0) is 16.7. The van der Waals surface area contributed by atoms with Crippen LogP contribution in [0.15, 0.2) is 29.2 Å². The second kappa shape index (κ2) is 6.07. The molecule has 1 aromatic heterocycles. The maximum Gasteiger partial charge on any atom is 0.240 e. The number of hydrogen-bond donors (Lipinski definition) is 1. The van der Waals surface area contributed by atoms with Gasteiger partial charge in [-0.2, -0.15) is 0 Å². The van der Waals surface area contributed by atoms with Crippen LogP contribution in [0.2, 0.25) is 5.28 Å². The van der Waals surface area contributed by atoms with Crippen LogP contribution in [0, 0.1) is 0 Å². The van der Waals surface area contributed by atoms with E-state index in [1.807, 2.05) is 6.07 Å². The normalized spacial score (nSPS) is 17.0. The Labute approximate surface area is 145 Å². The maximum atomic E-state index is 12.4. The SMILES string of the molecule is O=S(=O)(NC1CC1)c1cccc(Cc2nc(Cl)nc3c2COC3)c1. The third-order valence-corrected chi connectivity index (χ3v) is 5.80. The molecule has 1 aliphatic heterocycles. The van der Waals surface area contributed by atoms with E-state index in [0.29, 0.717) is 19.6 Å². The van der Waals surface area contributed by atoms with Gasteiger partial charge in [0.25, 0.3) is 0 Å². The summed E-state index contributed by atoms with van der Waals surface area (Å²) in [7, 11) is -3.46. The summed E-state index contributed by atoms with van der Waals surface area (Å²) in [6, 6.07) is 7.00. The number of benzene rings is 1. The second-order valence-corrected chi connectivity index (χ2v) is 8.13. The third kappa shape index (κ3) is 3.30. The van der Waals surface area contributed by atoms with Gasteiger partial charge in [0, 0.05) is 18.0 Å². The van der Waals surface area contributed by atoms with Crippen molar-refractivity contribution in [3.05, 3.63) is 52.1 Å². The minimum Gasteiger partial charge on any atom is -0.370 e. The number of sulfonamides is 1. The predicted octanol–water partition coefficient (Wildman–Crippen LogP) is 2.19. The number of halogens is 1. The zero-order valence-corrected chi connectivity index (χ0v) is 14.4. The molecule has 2 heterocycles. The van der Waals surface area contributed by atoms with E-state index in [1.54, 1.807) is 18.2 Å². The highest BCUT2D eigenvalue weighted by Crippen LogP contribution is 2.26. The van der Waals surface area contributed by atoms with Gasteiger partial charge in [0.1, 0.15) is 0 Å². The van der Waals surface area contributed by atoms with Crippen LogP contribution in [0.1, 0.15) is 35.4 Å². The van der Waals surface area contributed by atoms with Crippen LogP contribution in [0.3, 0.4) is 0 Å². The van der Waals surface area contributed by atoms with Crippen molar-refractivity contribution in [3.63, 3.8) is 0 Å². The summed E-state index contributed by atoms with van der Waals surface area (Å²) in [4.78, 5) is 8.75. The molecule has 2 aromatic rings. The molecule has 1 saturated carbocycles. The summed E-state index contributed by atoms with van der Waals surface area (Å²) < 4.78 is 32.8. The van der Waals surface area contributed by atoms with Gasteiger partial charge in [-0.05, 0) is 42.1 Å². The molecule has 2 aliphatic rings. The van der Waals surface area contributed by atoms with E-state index in [4.69, 9.17) is 16.3 Å². The number of nitrogens with zero attached hydrogens (tertiary/aromatic N) is 2. The van der Waals surface area contributed by atoms with Crippen LogP contribution in [0.4, 0.5) is 0 Å². The second-order valence-electron chi connectivity index (χ2n) is 6.08. The number of nitrogens with one attached hydrogen (secondary N) is 1. The van der Waals surface area contributed by atoms with E-state index < -0.39 is 10.0 Å². The molecular formula is C16H16ClN3O3S. The average molecular weight is 366 g/mol. The molecule has 0 unspecified atom stereocenters. The van der Waals surface area contributed by atoms with Gasteiger partial charge in [0.05, 0.1) is 29.5 Å². The van der Waals surface area contributed by atoms with E-state index in [0.717, 1.165) is 35.4 Å². The fraction of sp³-hybridized carbons (Fsp3) is 0.375. The van der Waals surface area contributed by atoms with Gasteiger partial charge in [-0.3, -0.25) is 0 Å². The molecule has 24 heavy (non-hydrogen) atoms. The molecule has 1 N–H and O–H groups in total. The Balaban J connectivity index is 1.63. The molecule has 0 amide bonds. The van der Waals surface area contributed by atoms with E-state index >= 15 is 0 Å². The van der Waals surface area contributed by atoms with Crippen LogP contribution in [-0.4, -0.2) is 24.4 Å². The molecule has 1 aliphatic carbocycles. The summed E-state index contributed by atoms with van der Waals surface area (Å²) in [6.45, 7) is 0.896. The minimum atomic E-state index is -3.46. The molecule has 1 fully saturated rings. The fourth-order valence-corrected chi connectivity index (χ4v) is 4.31.